The average molecular weight is 391 g/mol. The van der Waals surface area contributed by atoms with Crippen LogP contribution in [0.1, 0.15) is 5.56 Å². The number of nitrogens with zero attached hydrogens (tertiary/aromatic N) is 1. The highest BCUT2D eigenvalue weighted by molar-refractivity contribution is 9.10. The number of hydrogen-bond acceptors (Lipinski definition) is 3. The summed E-state index contributed by atoms with van der Waals surface area (Å²) in [4.78, 5) is 25.0. The first-order chi connectivity index (χ1) is 11.4. The number of nitrogens with one attached hydrogen (secondary N) is 1. The fraction of sp³-hybridized carbons (Fsp3) is 0.222. The van der Waals surface area contributed by atoms with Gasteiger partial charge in [-0.15, -0.1) is 0 Å². The lowest BCUT2D eigenvalue weighted by Gasteiger charge is -2.11. The Bertz CT molecular complexity index is 714. The van der Waals surface area contributed by atoms with E-state index in [-0.39, 0.29) is 18.4 Å². The van der Waals surface area contributed by atoms with Crippen molar-refractivity contribution >= 4 is 33.4 Å². The van der Waals surface area contributed by atoms with Gasteiger partial charge in [0.25, 0.3) is 5.91 Å². The van der Waals surface area contributed by atoms with E-state index in [9.17, 15) is 9.59 Å². The normalized spacial score (nSPS) is 10.1. The van der Waals surface area contributed by atoms with Gasteiger partial charge in [-0.1, -0.05) is 28.1 Å². The van der Waals surface area contributed by atoms with Crippen molar-refractivity contribution in [3.8, 4) is 5.75 Å². The Morgan fingerprint density at radius 2 is 1.83 bits per heavy atom. The Morgan fingerprint density at radius 1 is 1.12 bits per heavy atom. The molecule has 5 nitrogen and oxygen atoms in total. The Morgan fingerprint density at radius 3 is 2.46 bits per heavy atom. The fourth-order valence-corrected chi connectivity index (χ4v) is 2.39. The summed E-state index contributed by atoms with van der Waals surface area (Å²) in [7, 11) is 3.35. The van der Waals surface area contributed by atoms with Crippen LogP contribution in [0, 0.1) is 0 Å². The topological polar surface area (TPSA) is 58.6 Å². The highest BCUT2D eigenvalue weighted by Gasteiger charge is 2.07. The number of ether oxygens (including phenoxy) is 1. The molecule has 0 aliphatic carbocycles. The van der Waals surface area contributed by atoms with Gasteiger partial charge in [0.15, 0.2) is 6.61 Å². The van der Waals surface area contributed by atoms with Crippen molar-refractivity contribution < 1.29 is 14.3 Å². The van der Waals surface area contributed by atoms with E-state index in [0.717, 1.165) is 10.0 Å². The van der Waals surface area contributed by atoms with E-state index in [4.69, 9.17) is 4.74 Å². The molecule has 0 atom stereocenters. The van der Waals surface area contributed by atoms with Crippen molar-refractivity contribution in [3.05, 3.63) is 58.6 Å². The molecule has 0 aromatic heterocycles. The van der Waals surface area contributed by atoms with Gasteiger partial charge in [0.1, 0.15) is 5.75 Å². The maximum absolute atomic E-state index is 12.1. The molecule has 2 rings (SSSR count). The molecule has 2 aromatic rings. The molecule has 6 heteroatoms. The second-order valence-electron chi connectivity index (χ2n) is 5.46. The van der Waals surface area contributed by atoms with Gasteiger partial charge in [-0.25, -0.2) is 0 Å². The zero-order valence-electron chi connectivity index (χ0n) is 13.6. The standard InChI is InChI=1S/C18H19BrN2O3/c1-21(2)18(23)12-24-16-8-6-15(7-9-16)20-17(22)11-13-4-3-5-14(19)10-13/h3-10H,11-12H2,1-2H3,(H,20,22). The smallest absolute Gasteiger partial charge is 0.259 e. The van der Waals surface area contributed by atoms with Crippen LogP contribution in [0.25, 0.3) is 0 Å². The van der Waals surface area contributed by atoms with Gasteiger partial charge in [-0.05, 0) is 42.0 Å². The zero-order valence-corrected chi connectivity index (χ0v) is 15.2. The van der Waals surface area contributed by atoms with Crippen LogP contribution in [-0.4, -0.2) is 37.4 Å². The quantitative estimate of drug-likeness (QED) is 0.824. The second kappa shape index (κ2) is 8.49. The van der Waals surface area contributed by atoms with E-state index in [1.165, 1.54) is 4.90 Å². The number of likely N-dealkylation sites (N-methyl/N-ethyl adjacent to an activating group) is 1. The van der Waals surface area contributed by atoms with Crippen LogP contribution in [0.4, 0.5) is 5.69 Å². The number of hydrogen-bond donors (Lipinski definition) is 1. The Hall–Kier alpha value is -2.34. The van der Waals surface area contributed by atoms with Gasteiger partial charge < -0.3 is 15.0 Å². The number of halogens is 1. The number of anilines is 1. The number of benzene rings is 2. The van der Waals surface area contributed by atoms with E-state index in [1.807, 2.05) is 24.3 Å². The Kier molecular flexibility index (Phi) is 6.37. The molecule has 0 saturated heterocycles. The maximum Gasteiger partial charge on any atom is 0.259 e. The molecule has 24 heavy (non-hydrogen) atoms. The molecular weight excluding hydrogens is 372 g/mol. The van der Waals surface area contributed by atoms with Crippen LogP contribution in [-0.2, 0) is 16.0 Å². The summed E-state index contributed by atoms with van der Waals surface area (Å²) in [6.07, 6.45) is 0.301. The molecule has 1 N–H and O–H groups in total. The predicted octanol–water partition coefficient (Wildman–Crippen LogP) is 3.10. The van der Waals surface area contributed by atoms with Crippen molar-refractivity contribution in [2.75, 3.05) is 26.0 Å². The lowest BCUT2D eigenvalue weighted by molar-refractivity contribution is -0.130. The summed E-state index contributed by atoms with van der Waals surface area (Å²) >= 11 is 3.39. The van der Waals surface area contributed by atoms with Crippen LogP contribution in [0.15, 0.2) is 53.0 Å². The van der Waals surface area contributed by atoms with Crippen LogP contribution in [0.5, 0.6) is 5.75 Å². The number of rotatable bonds is 6. The van der Waals surface area contributed by atoms with Crippen molar-refractivity contribution in [2.45, 2.75) is 6.42 Å². The third kappa shape index (κ3) is 5.70. The molecule has 0 unspecified atom stereocenters. The molecule has 0 spiro atoms. The van der Waals surface area contributed by atoms with Crippen LogP contribution < -0.4 is 10.1 Å². The molecule has 0 saturated carbocycles. The minimum atomic E-state index is -0.110. The minimum absolute atomic E-state index is 0.0123. The van der Waals surface area contributed by atoms with Crippen LogP contribution in [0.3, 0.4) is 0 Å². The fourth-order valence-electron chi connectivity index (χ4n) is 1.95. The van der Waals surface area contributed by atoms with Gasteiger partial charge in [0, 0.05) is 24.3 Å². The highest BCUT2D eigenvalue weighted by atomic mass is 79.9. The third-order valence-electron chi connectivity index (χ3n) is 3.25. The summed E-state index contributed by atoms with van der Waals surface area (Å²) in [5, 5.41) is 2.84. The van der Waals surface area contributed by atoms with E-state index >= 15 is 0 Å². The molecule has 0 fully saturated rings. The van der Waals surface area contributed by atoms with Crippen LogP contribution >= 0.6 is 15.9 Å². The maximum atomic E-state index is 12.1. The SMILES string of the molecule is CN(C)C(=O)COc1ccc(NC(=O)Cc2cccc(Br)c2)cc1. The number of carbonyl (C=O) groups is 2. The van der Waals surface area contributed by atoms with E-state index in [0.29, 0.717) is 17.9 Å². The van der Waals surface area contributed by atoms with Crippen molar-refractivity contribution in [1.82, 2.24) is 4.90 Å². The highest BCUT2D eigenvalue weighted by Crippen LogP contribution is 2.17. The molecule has 0 radical (unpaired) electrons. The van der Waals surface area contributed by atoms with Gasteiger partial charge in [-0.3, -0.25) is 9.59 Å². The summed E-state index contributed by atoms with van der Waals surface area (Å²) in [5.74, 6) is 0.376. The van der Waals surface area contributed by atoms with Gasteiger partial charge in [-0.2, -0.15) is 0 Å². The molecule has 0 aliphatic heterocycles. The summed E-state index contributed by atoms with van der Waals surface area (Å²) in [6, 6.07) is 14.6. The van der Waals surface area contributed by atoms with E-state index in [2.05, 4.69) is 21.2 Å². The van der Waals surface area contributed by atoms with Gasteiger partial charge in [0.05, 0.1) is 6.42 Å². The first-order valence-corrected chi connectivity index (χ1v) is 8.20. The lowest BCUT2D eigenvalue weighted by Crippen LogP contribution is -2.27. The summed E-state index contributed by atoms with van der Waals surface area (Å²) < 4.78 is 6.33. The van der Waals surface area contributed by atoms with Crippen LogP contribution in [0.2, 0.25) is 0 Å². The average Bonchev–Trinajstić information content (AvgIpc) is 2.53. The number of amides is 2. The zero-order chi connectivity index (χ0) is 17.5. The van der Waals surface area contributed by atoms with E-state index in [1.54, 1.807) is 38.4 Å². The summed E-state index contributed by atoms with van der Waals surface area (Å²) in [6.45, 7) is -0.0123. The molecular formula is C18H19BrN2O3. The molecule has 0 bridgehead atoms. The van der Waals surface area contributed by atoms with Crippen molar-refractivity contribution in [2.24, 2.45) is 0 Å². The predicted molar refractivity (Wildman–Crippen MR) is 97.1 cm³/mol. The molecule has 2 amide bonds. The molecule has 126 valence electrons. The van der Waals surface area contributed by atoms with Gasteiger partial charge >= 0.3 is 0 Å². The number of carbonyl (C=O) groups excluding carboxylic acids is 2. The molecule has 2 aromatic carbocycles. The lowest BCUT2D eigenvalue weighted by atomic mass is 10.1. The molecule has 0 heterocycles. The Balaban J connectivity index is 1.87. The van der Waals surface area contributed by atoms with Gasteiger partial charge in [0.2, 0.25) is 5.91 Å². The second-order valence-corrected chi connectivity index (χ2v) is 6.37. The van der Waals surface area contributed by atoms with Crippen molar-refractivity contribution in [3.63, 3.8) is 0 Å². The largest absolute Gasteiger partial charge is 0.484 e. The third-order valence-corrected chi connectivity index (χ3v) is 3.75. The monoisotopic (exact) mass is 390 g/mol. The minimum Gasteiger partial charge on any atom is -0.484 e. The Labute approximate surface area is 149 Å². The van der Waals surface area contributed by atoms with Crippen molar-refractivity contribution in [1.29, 1.82) is 0 Å². The first-order valence-electron chi connectivity index (χ1n) is 7.41. The summed E-state index contributed by atoms with van der Waals surface area (Å²) in [5.41, 5.74) is 1.62. The molecule has 0 aliphatic rings. The van der Waals surface area contributed by atoms with E-state index < -0.39 is 0 Å². The first kappa shape index (κ1) is 18.0.